The Bertz CT molecular complexity index is 426. The van der Waals surface area contributed by atoms with E-state index in [1.165, 1.54) is 6.92 Å². The third kappa shape index (κ3) is 1.98. The summed E-state index contributed by atoms with van der Waals surface area (Å²) >= 11 is 0. The Morgan fingerprint density at radius 3 is 2.43 bits per heavy atom. The first-order valence-electron chi connectivity index (χ1n) is 4.42. The number of nitrogens with zero attached hydrogens (tertiary/aromatic N) is 1. The number of allylic oxidation sites excluding steroid dienone is 1. The van der Waals surface area contributed by atoms with Crippen molar-refractivity contribution in [3.05, 3.63) is 34.9 Å². The molecule has 14 heavy (non-hydrogen) atoms. The van der Waals surface area contributed by atoms with Gasteiger partial charge in [-0.1, -0.05) is 29.2 Å². The number of aryl methyl sites for hydroxylation is 2. The number of hydrogen-bond acceptors (Lipinski definition) is 1. The van der Waals surface area contributed by atoms with Crippen molar-refractivity contribution in [2.45, 2.75) is 20.8 Å². The lowest BCUT2D eigenvalue weighted by molar-refractivity contribution is -0.111. The minimum Gasteiger partial charge on any atom is -0.294 e. The molecule has 1 rings (SSSR count). The molecule has 0 aliphatic carbocycles. The number of benzene rings is 1. The van der Waals surface area contributed by atoms with Crippen LogP contribution in [0.1, 0.15) is 23.6 Å². The van der Waals surface area contributed by atoms with Gasteiger partial charge in [0.2, 0.25) is 0 Å². The van der Waals surface area contributed by atoms with Gasteiger partial charge in [-0.05, 0) is 31.9 Å². The van der Waals surface area contributed by atoms with Crippen molar-refractivity contribution in [1.82, 2.24) is 5.41 Å². The van der Waals surface area contributed by atoms with Crippen LogP contribution in [0.4, 0.5) is 0 Å². The van der Waals surface area contributed by atoms with E-state index in [0.29, 0.717) is 0 Å². The highest BCUT2D eigenvalue weighted by molar-refractivity contribution is 6.28. The molecule has 0 atom stereocenters. The van der Waals surface area contributed by atoms with E-state index in [4.69, 9.17) is 5.41 Å². The summed E-state index contributed by atoms with van der Waals surface area (Å²) in [5.74, 6) is 1.76. The lowest BCUT2D eigenvalue weighted by Crippen LogP contribution is -1.99. The summed E-state index contributed by atoms with van der Waals surface area (Å²) in [6.45, 7) is 5.30. The first kappa shape index (κ1) is 10.4. The standard InChI is InChI=1S/C12H12NO/c1-8-4-5-11(9(2)6-8)12(7-13)10(3)14/h4-6H,1-3H3. The zero-order valence-corrected chi connectivity index (χ0v) is 8.59. The molecule has 1 radical (unpaired) electrons. The minimum absolute atomic E-state index is 0.181. The molecule has 71 valence electrons. The maximum absolute atomic E-state index is 11.2. The lowest BCUT2D eigenvalue weighted by atomic mass is 9.97. The van der Waals surface area contributed by atoms with Crippen molar-refractivity contribution >= 4 is 17.2 Å². The van der Waals surface area contributed by atoms with Crippen LogP contribution in [-0.4, -0.2) is 11.7 Å². The average molecular weight is 186 g/mol. The zero-order valence-electron chi connectivity index (χ0n) is 8.59. The van der Waals surface area contributed by atoms with Crippen LogP contribution in [0.3, 0.4) is 0 Å². The fourth-order valence-electron chi connectivity index (χ4n) is 1.42. The van der Waals surface area contributed by atoms with Crippen molar-refractivity contribution in [3.8, 4) is 0 Å². The van der Waals surface area contributed by atoms with Gasteiger partial charge in [-0.2, -0.15) is 0 Å². The largest absolute Gasteiger partial charge is 0.294 e. The Morgan fingerprint density at radius 1 is 1.36 bits per heavy atom. The molecule has 2 heteroatoms. The first-order chi connectivity index (χ1) is 6.56. The molecular weight excluding hydrogens is 174 g/mol. The second kappa shape index (κ2) is 4.03. The smallest absolute Gasteiger partial charge is 0.169 e. The maximum atomic E-state index is 11.2. The van der Waals surface area contributed by atoms with Crippen molar-refractivity contribution in [2.24, 2.45) is 0 Å². The van der Waals surface area contributed by atoms with Crippen LogP contribution in [0.15, 0.2) is 18.2 Å². The lowest BCUT2D eigenvalue weighted by Gasteiger charge is -2.05. The molecule has 0 bridgehead atoms. The minimum atomic E-state index is -0.181. The van der Waals surface area contributed by atoms with Crippen molar-refractivity contribution in [3.63, 3.8) is 0 Å². The molecule has 2 nitrogen and oxygen atoms in total. The van der Waals surface area contributed by atoms with E-state index in [9.17, 15) is 4.79 Å². The molecule has 0 N–H and O–H groups in total. The first-order valence-corrected chi connectivity index (χ1v) is 4.42. The van der Waals surface area contributed by atoms with Gasteiger partial charge >= 0.3 is 0 Å². The van der Waals surface area contributed by atoms with Crippen LogP contribution in [0.25, 0.3) is 5.57 Å². The van der Waals surface area contributed by atoms with Crippen LogP contribution in [-0.2, 0) is 4.79 Å². The summed E-state index contributed by atoms with van der Waals surface area (Å²) in [7, 11) is 0. The normalized spacial score (nSPS) is 9.36. The SMILES string of the molecule is CC(=O)C(=C=[N])c1ccc(C)cc1C. The van der Waals surface area contributed by atoms with Crippen LogP contribution < -0.4 is 5.41 Å². The van der Waals surface area contributed by atoms with Gasteiger partial charge in [0.25, 0.3) is 0 Å². The van der Waals surface area contributed by atoms with E-state index >= 15 is 0 Å². The van der Waals surface area contributed by atoms with Gasteiger partial charge in [-0.25, -0.2) is 0 Å². The van der Waals surface area contributed by atoms with Gasteiger partial charge in [0, 0.05) is 5.87 Å². The van der Waals surface area contributed by atoms with Gasteiger partial charge in [-0.15, -0.1) is 0 Å². The highest BCUT2D eigenvalue weighted by atomic mass is 16.1. The second-order valence-corrected chi connectivity index (χ2v) is 3.36. The quantitative estimate of drug-likeness (QED) is 0.512. The number of carbonyl (C=O) groups is 1. The van der Waals surface area contributed by atoms with Crippen molar-refractivity contribution in [1.29, 1.82) is 0 Å². The monoisotopic (exact) mass is 186 g/mol. The molecule has 0 amide bonds. The predicted octanol–water partition coefficient (Wildman–Crippen LogP) is 1.75. The fourth-order valence-corrected chi connectivity index (χ4v) is 1.42. The van der Waals surface area contributed by atoms with E-state index < -0.39 is 0 Å². The zero-order chi connectivity index (χ0) is 10.7. The van der Waals surface area contributed by atoms with Gasteiger partial charge in [0.05, 0.1) is 5.57 Å². The Labute approximate surface area is 83.8 Å². The average Bonchev–Trinajstić information content (AvgIpc) is 2.09. The van der Waals surface area contributed by atoms with E-state index in [-0.39, 0.29) is 11.4 Å². The summed E-state index contributed by atoms with van der Waals surface area (Å²) in [6.07, 6.45) is 0. The topological polar surface area (TPSA) is 39.4 Å². The Morgan fingerprint density at radius 2 is 2.00 bits per heavy atom. The summed E-state index contributed by atoms with van der Waals surface area (Å²) in [6, 6.07) is 5.70. The maximum Gasteiger partial charge on any atom is 0.169 e. The highest BCUT2D eigenvalue weighted by Crippen LogP contribution is 2.18. The number of Topliss-reactive ketones (excluding diaryl/α,β-unsaturated/α-hetero) is 1. The highest BCUT2D eigenvalue weighted by Gasteiger charge is 2.09. The number of rotatable bonds is 2. The summed E-state index contributed by atoms with van der Waals surface area (Å²) in [5.41, 5.74) is 3.08. The van der Waals surface area contributed by atoms with Crippen molar-refractivity contribution < 1.29 is 4.79 Å². The van der Waals surface area contributed by atoms with Crippen molar-refractivity contribution in [2.75, 3.05) is 0 Å². The molecule has 0 saturated heterocycles. The molecule has 1 aromatic carbocycles. The summed E-state index contributed by atoms with van der Waals surface area (Å²) in [4.78, 5) is 11.2. The van der Waals surface area contributed by atoms with E-state index in [2.05, 4.69) is 0 Å². The van der Waals surface area contributed by atoms with Crippen LogP contribution in [0.2, 0.25) is 0 Å². The summed E-state index contributed by atoms with van der Waals surface area (Å²) < 4.78 is 0. The second-order valence-electron chi connectivity index (χ2n) is 3.36. The molecule has 0 saturated carbocycles. The number of ketones is 1. The van der Waals surface area contributed by atoms with Crippen LogP contribution >= 0.6 is 0 Å². The number of carbonyl (C=O) groups excluding carboxylic acids is 1. The molecule has 0 spiro atoms. The van der Waals surface area contributed by atoms with Crippen LogP contribution in [0.5, 0.6) is 0 Å². The summed E-state index contributed by atoms with van der Waals surface area (Å²) in [5, 5.41) is 8.84. The van der Waals surface area contributed by atoms with E-state index in [1.54, 1.807) is 0 Å². The molecular formula is C12H12NO. The van der Waals surface area contributed by atoms with E-state index in [0.717, 1.165) is 16.7 Å². The molecule has 0 unspecified atom stereocenters. The Kier molecular flexibility index (Phi) is 3.00. The molecule has 0 aliphatic rings. The molecule has 0 aliphatic heterocycles. The number of hydrogen-bond donors (Lipinski definition) is 0. The third-order valence-electron chi connectivity index (χ3n) is 2.12. The molecule has 0 aromatic heterocycles. The van der Waals surface area contributed by atoms with Gasteiger partial charge in [-0.3, -0.25) is 4.79 Å². The molecule has 0 fully saturated rings. The molecule has 0 heterocycles. The van der Waals surface area contributed by atoms with Gasteiger partial charge in [0.15, 0.2) is 5.78 Å². The predicted molar refractivity (Wildman–Crippen MR) is 57.1 cm³/mol. The fraction of sp³-hybridized carbons (Fsp3) is 0.250. The van der Waals surface area contributed by atoms with E-state index in [1.807, 2.05) is 37.9 Å². The third-order valence-corrected chi connectivity index (χ3v) is 2.12. The van der Waals surface area contributed by atoms with Gasteiger partial charge in [0.1, 0.15) is 0 Å². The van der Waals surface area contributed by atoms with Gasteiger partial charge < -0.3 is 0 Å². The Hall–Kier alpha value is -1.66. The molecule has 1 aromatic rings. The Balaban J connectivity index is 3.33. The van der Waals surface area contributed by atoms with Crippen LogP contribution in [0, 0.1) is 13.8 Å².